The summed E-state index contributed by atoms with van der Waals surface area (Å²) in [5.41, 5.74) is 1.81. The SMILES string of the molecule is C[C@@H](OCCCNC(=O)Nc1ccc2c(c1)OCO2)c1ccccc1. The van der Waals surface area contributed by atoms with Crippen LogP contribution in [0.15, 0.2) is 48.5 Å². The monoisotopic (exact) mass is 342 g/mol. The van der Waals surface area contributed by atoms with Gasteiger partial charge >= 0.3 is 6.03 Å². The third kappa shape index (κ3) is 4.87. The minimum absolute atomic E-state index is 0.0451. The minimum Gasteiger partial charge on any atom is -0.454 e. The molecule has 132 valence electrons. The molecule has 1 atom stereocenters. The molecule has 0 fully saturated rings. The lowest BCUT2D eigenvalue weighted by Crippen LogP contribution is -2.30. The molecule has 2 aromatic carbocycles. The largest absolute Gasteiger partial charge is 0.454 e. The molecule has 2 aromatic rings. The zero-order valence-corrected chi connectivity index (χ0v) is 14.2. The van der Waals surface area contributed by atoms with Crippen molar-refractivity contribution in [2.45, 2.75) is 19.4 Å². The molecule has 0 saturated heterocycles. The van der Waals surface area contributed by atoms with E-state index in [9.17, 15) is 4.79 Å². The lowest BCUT2D eigenvalue weighted by atomic mass is 10.1. The van der Waals surface area contributed by atoms with E-state index in [1.807, 2.05) is 37.3 Å². The van der Waals surface area contributed by atoms with Crippen molar-refractivity contribution in [2.24, 2.45) is 0 Å². The summed E-state index contributed by atoms with van der Waals surface area (Å²) in [6, 6.07) is 15.1. The second-order valence-electron chi connectivity index (χ2n) is 5.73. The maximum Gasteiger partial charge on any atom is 0.319 e. The molecule has 6 heteroatoms. The minimum atomic E-state index is -0.255. The van der Waals surface area contributed by atoms with Crippen molar-refractivity contribution < 1.29 is 19.0 Å². The normalized spacial score (nSPS) is 13.3. The van der Waals surface area contributed by atoms with Crippen LogP contribution >= 0.6 is 0 Å². The van der Waals surface area contributed by atoms with Crippen LogP contribution in [0.25, 0.3) is 0 Å². The van der Waals surface area contributed by atoms with Gasteiger partial charge in [-0.05, 0) is 31.0 Å². The van der Waals surface area contributed by atoms with Crippen molar-refractivity contribution in [1.29, 1.82) is 0 Å². The molecular weight excluding hydrogens is 320 g/mol. The number of carbonyl (C=O) groups excluding carboxylic acids is 1. The maximum atomic E-state index is 11.9. The van der Waals surface area contributed by atoms with E-state index in [1.165, 1.54) is 0 Å². The van der Waals surface area contributed by atoms with Crippen LogP contribution in [-0.2, 0) is 4.74 Å². The van der Waals surface area contributed by atoms with E-state index in [4.69, 9.17) is 14.2 Å². The van der Waals surface area contributed by atoms with Crippen LogP contribution in [0.1, 0.15) is 25.0 Å². The quantitative estimate of drug-likeness (QED) is 0.753. The number of rotatable bonds is 7. The van der Waals surface area contributed by atoms with Crippen molar-refractivity contribution in [3.05, 3.63) is 54.1 Å². The van der Waals surface area contributed by atoms with Crippen LogP contribution in [0, 0.1) is 0 Å². The van der Waals surface area contributed by atoms with E-state index >= 15 is 0 Å². The summed E-state index contributed by atoms with van der Waals surface area (Å²) in [6.45, 7) is 3.36. The summed E-state index contributed by atoms with van der Waals surface area (Å²) < 4.78 is 16.3. The van der Waals surface area contributed by atoms with Crippen LogP contribution in [0.2, 0.25) is 0 Å². The van der Waals surface area contributed by atoms with Crippen molar-refractivity contribution in [3.63, 3.8) is 0 Å². The number of hydrogen-bond acceptors (Lipinski definition) is 4. The molecule has 0 spiro atoms. The van der Waals surface area contributed by atoms with Crippen LogP contribution in [0.3, 0.4) is 0 Å². The summed E-state index contributed by atoms with van der Waals surface area (Å²) in [6.07, 6.45) is 0.787. The molecule has 6 nitrogen and oxygen atoms in total. The number of amides is 2. The Morgan fingerprint density at radius 2 is 1.96 bits per heavy atom. The number of anilines is 1. The Labute approximate surface area is 147 Å². The van der Waals surface area contributed by atoms with Crippen LogP contribution in [-0.4, -0.2) is 26.0 Å². The first-order valence-electron chi connectivity index (χ1n) is 8.33. The van der Waals surface area contributed by atoms with E-state index in [1.54, 1.807) is 18.2 Å². The van der Waals surface area contributed by atoms with E-state index < -0.39 is 0 Å². The third-order valence-corrected chi connectivity index (χ3v) is 3.87. The fourth-order valence-corrected chi connectivity index (χ4v) is 2.50. The Morgan fingerprint density at radius 1 is 1.16 bits per heavy atom. The number of hydrogen-bond donors (Lipinski definition) is 2. The lowest BCUT2D eigenvalue weighted by Gasteiger charge is -2.13. The van der Waals surface area contributed by atoms with Gasteiger partial charge in [0.2, 0.25) is 6.79 Å². The number of ether oxygens (including phenoxy) is 3. The molecule has 0 aromatic heterocycles. The smallest absolute Gasteiger partial charge is 0.319 e. The van der Waals surface area contributed by atoms with Gasteiger partial charge in [-0.15, -0.1) is 0 Å². The number of nitrogens with one attached hydrogen (secondary N) is 2. The predicted octanol–water partition coefficient (Wildman–Crippen LogP) is 3.70. The van der Waals surface area contributed by atoms with E-state index in [2.05, 4.69) is 10.6 Å². The number of fused-ring (bicyclic) bond motifs is 1. The summed E-state index contributed by atoms with van der Waals surface area (Å²) in [7, 11) is 0. The fraction of sp³-hybridized carbons (Fsp3) is 0.316. The van der Waals surface area contributed by atoms with Gasteiger partial charge in [-0.2, -0.15) is 0 Å². The molecule has 25 heavy (non-hydrogen) atoms. The van der Waals surface area contributed by atoms with Gasteiger partial charge in [0.25, 0.3) is 0 Å². The van der Waals surface area contributed by atoms with E-state index in [0.29, 0.717) is 30.3 Å². The molecule has 0 unspecified atom stereocenters. The van der Waals surface area contributed by atoms with Crippen molar-refractivity contribution in [3.8, 4) is 11.5 Å². The first-order chi connectivity index (χ1) is 12.2. The Kier molecular flexibility index (Phi) is 5.74. The molecule has 0 radical (unpaired) electrons. The molecular formula is C19H22N2O4. The highest BCUT2D eigenvalue weighted by molar-refractivity contribution is 5.89. The zero-order valence-electron chi connectivity index (χ0n) is 14.2. The molecule has 2 amide bonds. The van der Waals surface area contributed by atoms with E-state index in [0.717, 1.165) is 12.0 Å². The van der Waals surface area contributed by atoms with Crippen LogP contribution in [0.5, 0.6) is 11.5 Å². The van der Waals surface area contributed by atoms with Gasteiger partial charge in [0.1, 0.15) is 0 Å². The summed E-state index contributed by atoms with van der Waals surface area (Å²) in [5, 5.41) is 5.58. The fourth-order valence-electron chi connectivity index (χ4n) is 2.50. The van der Waals surface area contributed by atoms with Crippen LogP contribution in [0.4, 0.5) is 10.5 Å². The van der Waals surface area contributed by atoms with Gasteiger partial charge in [-0.25, -0.2) is 4.79 Å². The molecule has 0 saturated carbocycles. The van der Waals surface area contributed by atoms with Crippen molar-refractivity contribution >= 4 is 11.7 Å². The van der Waals surface area contributed by atoms with Gasteiger partial charge < -0.3 is 24.8 Å². The highest BCUT2D eigenvalue weighted by atomic mass is 16.7. The molecule has 0 aliphatic carbocycles. The highest BCUT2D eigenvalue weighted by Crippen LogP contribution is 2.34. The molecule has 3 rings (SSSR count). The van der Waals surface area contributed by atoms with Gasteiger partial charge in [-0.3, -0.25) is 0 Å². The topological polar surface area (TPSA) is 68.8 Å². The highest BCUT2D eigenvalue weighted by Gasteiger charge is 2.14. The Balaban J connectivity index is 1.33. The Morgan fingerprint density at radius 3 is 2.80 bits per heavy atom. The number of benzene rings is 2. The Hall–Kier alpha value is -2.73. The zero-order chi connectivity index (χ0) is 17.5. The molecule has 1 heterocycles. The number of carbonyl (C=O) groups is 1. The third-order valence-electron chi connectivity index (χ3n) is 3.87. The van der Waals surface area contributed by atoms with Crippen molar-refractivity contribution in [1.82, 2.24) is 5.32 Å². The van der Waals surface area contributed by atoms with Gasteiger partial charge in [0, 0.05) is 24.9 Å². The molecule has 0 bridgehead atoms. The van der Waals surface area contributed by atoms with Gasteiger partial charge in [-0.1, -0.05) is 30.3 Å². The average molecular weight is 342 g/mol. The van der Waals surface area contributed by atoms with Gasteiger partial charge in [0.05, 0.1) is 6.10 Å². The van der Waals surface area contributed by atoms with Gasteiger partial charge in [0.15, 0.2) is 11.5 Å². The number of urea groups is 1. The molecule has 1 aliphatic heterocycles. The summed E-state index contributed by atoms with van der Waals surface area (Å²) >= 11 is 0. The molecule has 2 N–H and O–H groups in total. The average Bonchev–Trinajstić information content (AvgIpc) is 3.09. The molecule has 1 aliphatic rings. The first kappa shape index (κ1) is 17.1. The first-order valence-corrected chi connectivity index (χ1v) is 8.33. The predicted molar refractivity (Wildman–Crippen MR) is 95.0 cm³/mol. The van der Waals surface area contributed by atoms with Crippen LogP contribution < -0.4 is 20.1 Å². The maximum absolute atomic E-state index is 11.9. The summed E-state index contributed by atoms with van der Waals surface area (Å²) in [4.78, 5) is 11.9. The Bertz CT molecular complexity index is 706. The summed E-state index contributed by atoms with van der Waals surface area (Å²) in [5.74, 6) is 1.33. The van der Waals surface area contributed by atoms with E-state index in [-0.39, 0.29) is 18.9 Å². The standard InChI is InChI=1S/C19H22N2O4/c1-14(15-6-3-2-4-7-15)23-11-5-10-20-19(22)21-16-8-9-17-18(12-16)25-13-24-17/h2-4,6-9,12,14H,5,10-11,13H2,1H3,(H2,20,21,22)/t14-/m1/s1. The van der Waals surface area contributed by atoms with Crippen molar-refractivity contribution in [2.75, 3.05) is 25.3 Å². The lowest BCUT2D eigenvalue weighted by molar-refractivity contribution is 0.0644. The second kappa shape index (κ2) is 8.39. The second-order valence-corrected chi connectivity index (χ2v) is 5.73.